The molecular formula is C9H11BrO2. The first kappa shape index (κ1) is 9.71. The highest BCUT2D eigenvalue weighted by molar-refractivity contribution is 9.10. The van der Waals surface area contributed by atoms with Crippen molar-refractivity contribution < 1.29 is 9.84 Å². The molecule has 0 aliphatic carbocycles. The third-order valence-electron chi connectivity index (χ3n) is 1.58. The number of rotatable bonds is 3. The maximum atomic E-state index is 9.47. The highest BCUT2D eigenvalue weighted by Gasteiger charge is 2.05. The number of methoxy groups -OCH3 is 1. The lowest BCUT2D eigenvalue weighted by molar-refractivity contribution is 0.0644. The lowest BCUT2D eigenvalue weighted by Gasteiger charge is -2.08. The van der Waals surface area contributed by atoms with E-state index in [1.54, 1.807) is 7.11 Å². The number of aliphatic hydroxyl groups is 1. The van der Waals surface area contributed by atoms with Crippen LogP contribution < -0.4 is 0 Å². The summed E-state index contributed by atoms with van der Waals surface area (Å²) in [7, 11) is 1.57. The molecule has 3 heteroatoms. The molecule has 2 nitrogen and oxygen atoms in total. The largest absolute Gasteiger partial charge is 0.386 e. The second-order valence-corrected chi connectivity index (χ2v) is 3.44. The van der Waals surface area contributed by atoms with Crippen LogP contribution in [0.15, 0.2) is 28.7 Å². The van der Waals surface area contributed by atoms with E-state index in [2.05, 4.69) is 15.9 Å². The Kier molecular flexibility index (Phi) is 3.72. The van der Waals surface area contributed by atoms with Crippen LogP contribution in [0.5, 0.6) is 0 Å². The van der Waals surface area contributed by atoms with Crippen molar-refractivity contribution in [3.05, 3.63) is 34.3 Å². The monoisotopic (exact) mass is 230 g/mol. The zero-order chi connectivity index (χ0) is 8.97. The van der Waals surface area contributed by atoms with E-state index in [0.717, 1.165) is 10.0 Å². The van der Waals surface area contributed by atoms with Gasteiger partial charge in [0, 0.05) is 11.6 Å². The third kappa shape index (κ3) is 2.59. The summed E-state index contributed by atoms with van der Waals surface area (Å²) >= 11 is 3.32. The standard InChI is InChI=1S/C9H11BrO2/c1-12-6-9(11)7-2-4-8(10)5-3-7/h2-5,9,11H,6H2,1H3/t9-/m0/s1. The fourth-order valence-corrected chi connectivity index (χ4v) is 1.20. The molecule has 1 aromatic carbocycles. The van der Waals surface area contributed by atoms with Gasteiger partial charge in [-0.25, -0.2) is 0 Å². The average Bonchev–Trinajstić information content (AvgIpc) is 2.06. The Morgan fingerprint density at radius 3 is 2.50 bits per heavy atom. The molecule has 1 atom stereocenters. The van der Waals surface area contributed by atoms with Crippen molar-refractivity contribution in [1.82, 2.24) is 0 Å². The van der Waals surface area contributed by atoms with Gasteiger partial charge in [0.2, 0.25) is 0 Å². The van der Waals surface area contributed by atoms with Crippen LogP contribution in [0, 0.1) is 0 Å². The second-order valence-electron chi connectivity index (χ2n) is 2.52. The van der Waals surface area contributed by atoms with Gasteiger partial charge in [-0.1, -0.05) is 28.1 Å². The van der Waals surface area contributed by atoms with Crippen molar-refractivity contribution in [2.75, 3.05) is 13.7 Å². The minimum atomic E-state index is -0.525. The van der Waals surface area contributed by atoms with Gasteiger partial charge >= 0.3 is 0 Å². The number of halogens is 1. The SMILES string of the molecule is COC[C@H](O)c1ccc(Br)cc1. The lowest BCUT2D eigenvalue weighted by atomic mass is 10.1. The van der Waals surface area contributed by atoms with E-state index in [-0.39, 0.29) is 0 Å². The van der Waals surface area contributed by atoms with Gasteiger partial charge in [-0.2, -0.15) is 0 Å². The Bertz CT molecular complexity index is 233. The number of benzene rings is 1. The topological polar surface area (TPSA) is 29.5 Å². The fourth-order valence-electron chi connectivity index (χ4n) is 0.939. The van der Waals surface area contributed by atoms with E-state index in [0.29, 0.717) is 6.61 Å². The predicted molar refractivity (Wildman–Crippen MR) is 51.0 cm³/mol. The van der Waals surface area contributed by atoms with Crippen LogP contribution in [0.3, 0.4) is 0 Å². The molecule has 12 heavy (non-hydrogen) atoms. The molecule has 0 radical (unpaired) electrons. The first-order valence-electron chi connectivity index (χ1n) is 3.66. The minimum absolute atomic E-state index is 0.335. The van der Waals surface area contributed by atoms with Crippen molar-refractivity contribution >= 4 is 15.9 Å². The summed E-state index contributed by atoms with van der Waals surface area (Å²) in [4.78, 5) is 0. The van der Waals surface area contributed by atoms with Crippen LogP contribution in [0.25, 0.3) is 0 Å². The van der Waals surface area contributed by atoms with Crippen LogP contribution in [0.1, 0.15) is 11.7 Å². The molecule has 0 saturated heterocycles. The Balaban J connectivity index is 2.68. The Morgan fingerprint density at radius 1 is 1.42 bits per heavy atom. The molecule has 1 N–H and O–H groups in total. The third-order valence-corrected chi connectivity index (χ3v) is 2.11. The van der Waals surface area contributed by atoms with E-state index >= 15 is 0 Å². The molecule has 1 aromatic rings. The quantitative estimate of drug-likeness (QED) is 0.863. The highest BCUT2D eigenvalue weighted by atomic mass is 79.9. The van der Waals surface area contributed by atoms with Gasteiger partial charge in [-0.3, -0.25) is 0 Å². The van der Waals surface area contributed by atoms with Gasteiger partial charge in [-0.15, -0.1) is 0 Å². The van der Waals surface area contributed by atoms with Crippen LogP contribution >= 0.6 is 15.9 Å². The Labute approximate surface area is 80.3 Å². The van der Waals surface area contributed by atoms with Gasteiger partial charge < -0.3 is 9.84 Å². The maximum Gasteiger partial charge on any atom is 0.102 e. The van der Waals surface area contributed by atoms with Crippen molar-refractivity contribution in [3.63, 3.8) is 0 Å². The molecule has 66 valence electrons. The van der Waals surface area contributed by atoms with E-state index in [1.807, 2.05) is 24.3 Å². The van der Waals surface area contributed by atoms with Crippen molar-refractivity contribution in [3.8, 4) is 0 Å². The summed E-state index contributed by atoms with van der Waals surface area (Å²) in [6, 6.07) is 7.53. The van der Waals surface area contributed by atoms with Crippen LogP contribution in [-0.4, -0.2) is 18.8 Å². The zero-order valence-corrected chi connectivity index (χ0v) is 8.41. The molecule has 0 saturated carbocycles. The van der Waals surface area contributed by atoms with Crippen molar-refractivity contribution in [1.29, 1.82) is 0 Å². The summed E-state index contributed by atoms with van der Waals surface area (Å²) < 4.78 is 5.84. The van der Waals surface area contributed by atoms with E-state index in [9.17, 15) is 5.11 Å². The molecule has 0 heterocycles. The molecule has 0 fully saturated rings. The number of hydrogen-bond acceptors (Lipinski definition) is 2. The highest BCUT2D eigenvalue weighted by Crippen LogP contribution is 2.16. The summed E-state index contributed by atoms with van der Waals surface area (Å²) in [5.41, 5.74) is 0.875. The normalized spacial score (nSPS) is 12.9. The van der Waals surface area contributed by atoms with Gasteiger partial charge in [-0.05, 0) is 17.7 Å². The van der Waals surface area contributed by atoms with E-state index in [4.69, 9.17) is 4.74 Å². The van der Waals surface area contributed by atoms with Gasteiger partial charge in [0.1, 0.15) is 6.10 Å². The van der Waals surface area contributed by atoms with Crippen LogP contribution in [0.2, 0.25) is 0 Å². The van der Waals surface area contributed by atoms with Gasteiger partial charge in [0.15, 0.2) is 0 Å². The summed E-state index contributed by atoms with van der Waals surface area (Å²) in [6.07, 6.45) is -0.525. The molecule has 0 spiro atoms. The smallest absolute Gasteiger partial charge is 0.102 e. The Morgan fingerprint density at radius 2 is 2.00 bits per heavy atom. The van der Waals surface area contributed by atoms with Gasteiger partial charge in [0.05, 0.1) is 6.61 Å². The van der Waals surface area contributed by atoms with Crippen LogP contribution in [-0.2, 0) is 4.74 Å². The molecule has 0 amide bonds. The second kappa shape index (κ2) is 4.60. The predicted octanol–water partition coefficient (Wildman–Crippen LogP) is 2.13. The van der Waals surface area contributed by atoms with Crippen molar-refractivity contribution in [2.45, 2.75) is 6.10 Å². The number of aliphatic hydroxyl groups excluding tert-OH is 1. The number of hydrogen-bond donors (Lipinski definition) is 1. The minimum Gasteiger partial charge on any atom is -0.386 e. The molecule has 0 unspecified atom stereocenters. The summed E-state index contributed by atoms with van der Waals surface area (Å²) in [5, 5.41) is 9.47. The molecular weight excluding hydrogens is 220 g/mol. The molecule has 0 bridgehead atoms. The zero-order valence-electron chi connectivity index (χ0n) is 6.83. The molecule has 0 aliphatic rings. The fraction of sp³-hybridized carbons (Fsp3) is 0.333. The molecule has 1 rings (SSSR count). The lowest BCUT2D eigenvalue weighted by Crippen LogP contribution is -2.04. The molecule has 0 aliphatic heterocycles. The number of ether oxygens (including phenoxy) is 1. The van der Waals surface area contributed by atoms with E-state index in [1.165, 1.54) is 0 Å². The average molecular weight is 231 g/mol. The first-order valence-corrected chi connectivity index (χ1v) is 4.46. The summed E-state index contributed by atoms with van der Waals surface area (Å²) in [5.74, 6) is 0. The van der Waals surface area contributed by atoms with Crippen molar-refractivity contribution in [2.24, 2.45) is 0 Å². The Hall–Kier alpha value is -0.380. The first-order chi connectivity index (χ1) is 5.74. The van der Waals surface area contributed by atoms with Gasteiger partial charge in [0.25, 0.3) is 0 Å². The van der Waals surface area contributed by atoms with E-state index < -0.39 is 6.10 Å². The molecule has 0 aromatic heterocycles. The summed E-state index contributed by atoms with van der Waals surface area (Å²) in [6.45, 7) is 0.335. The van der Waals surface area contributed by atoms with Crippen LogP contribution in [0.4, 0.5) is 0 Å². The maximum absolute atomic E-state index is 9.47.